The van der Waals surface area contributed by atoms with Crippen LogP contribution in [0.25, 0.3) is 10.9 Å². The summed E-state index contributed by atoms with van der Waals surface area (Å²) in [7, 11) is 0. The molecule has 2 rings (SSSR count). The van der Waals surface area contributed by atoms with Crippen molar-refractivity contribution in [2.75, 3.05) is 0 Å². The van der Waals surface area contributed by atoms with Crippen molar-refractivity contribution in [3.05, 3.63) is 36.5 Å². The zero-order valence-corrected chi connectivity index (χ0v) is 6.68. The monoisotopic (exact) mass is 160 g/mol. The van der Waals surface area contributed by atoms with Crippen LogP contribution in [0.1, 0.15) is 0 Å². The first kappa shape index (κ1) is 6.68. The van der Waals surface area contributed by atoms with E-state index in [0.717, 1.165) is 15.8 Å². The summed E-state index contributed by atoms with van der Waals surface area (Å²) < 4.78 is 0. The summed E-state index contributed by atoms with van der Waals surface area (Å²) in [5.41, 5.74) is 0.969. The Labute approximate surface area is 70.5 Å². The van der Waals surface area contributed by atoms with Gasteiger partial charge in [-0.1, -0.05) is 18.2 Å². The second-order valence-electron chi connectivity index (χ2n) is 2.27. The first-order chi connectivity index (χ1) is 5.38. The van der Waals surface area contributed by atoms with Gasteiger partial charge in [0.05, 0.1) is 5.52 Å². The van der Waals surface area contributed by atoms with Gasteiger partial charge in [-0.2, -0.15) is 0 Å². The minimum absolute atomic E-state index is 0.857. The predicted molar refractivity (Wildman–Crippen MR) is 47.8 cm³/mol. The Bertz CT molecular complexity index is 379. The van der Waals surface area contributed by atoms with Crippen LogP contribution in [0.4, 0.5) is 0 Å². The van der Waals surface area contributed by atoms with Crippen molar-refractivity contribution >= 4 is 23.5 Å². The van der Waals surface area contributed by atoms with Gasteiger partial charge >= 0.3 is 0 Å². The summed E-state index contributed by atoms with van der Waals surface area (Å²) in [5.74, 6) is 0. The van der Waals surface area contributed by atoms with Crippen molar-refractivity contribution in [1.82, 2.24) is 4.98 Å². The highest BCUT2D eigenvalue weighted by Crippen LogP contribution is 2.17. The molecule has 0 amide bonds. The largest absolute Gasteiger partial charge is 0.256 e. The van der Waals surface area contributed by atoms with Crippen molar-refractivity contribution in [3.8, 4) is 0 Å². The predicted octanol–water partition coefficient (Wildman–Crippen LogP) is 2.32. The number of para-hydroxylation sites is 1. The van der Waals surface area contributed by atoms with E-state index in [9.17, 15) is 0 Å². The normalized spacial score (nSPS) is 10.3. The number of benzene rings is 1. The van der Waals surface area contributed by atoms with Crippen LogP contribution in [0.5, 0.6) is 0 Å². The standard InChI is InChI=1S/C9H6NS/c11-9-5-6-10-8-4-2-1-3-7(8)9/h1-4,6H,(H,10,11). The van der Waals surface area contributed by atoms with Crippen LogP contribution in [0.3, 0.4) is 0 Å². The topological polar surface area (TPSA) is 12.9 Å². The highest BCUT2D eigenvalue weighted by atomic mass is 32.1. The first-order valence-corrected chi connectivity index (χ1v) is 3.77. The number of nitrogens with zero attached hydrogens (tertiary/aromatic N) is 1. The lowest BCUT2D eigenvalue weighted by molar-refractivity contribution is 1.35. The van der Waals surface area contributed by atoms with Crippen LogP contribution in [0, 0.1) is 6.07 Å². The molecule has 1 radical (unpaired) electrons. The Kier molecular flexibility index (Phi) is 1.55. The van der Waals surface area contributed by atoms with E-state index < -0.39 is 0 Å². The molecule has 2 aromatic rings. The maximum absolute atomic E-state index is 4.25. The van der Waals surface area contributed by atoms with Gasteiger partial charge in [-0.05, 0) is 6.07 Å². The van der Waals surface area contributed by atoms with E-state index in [4.69, 9.17) is 0 Å². The molecule has 11 heavy (non-hydrogen) atoms. The van der Waals surface area contributed by atoms with E-state index in [1.807, 2.05) is 24.3 Å². The van der Waals surface area contributed by atoms with Gasteiger partial charge in [0.2, 0.25) is 0 Å². The smallest absolute Gasteiger partial charge is 0.0713 e. The van der Waals surface area contributed by atoms with Crippen molar-refractivity contribution in [1.29, 1.82) is 0 Å². The van der Waals surface area contributed by atoms with Crippen LogP contribution >= 0.6 is 12.6 Å². The molecule has 1 aromatic heterocycles. The molecule has 2 heteroatoms. The summed E-state index contributed by atoms with van der Waals surface area (Å²) in [6.45, 7) is 0. The van der Waals surface area contributed by atoms with E-state index in [1.165, 1.54) is 0 Å². The number of aromatic nitrogens is 1. The van der Waals surface area contributed by atoms with E-state index in [1.54, 1.807) is 6.20 Å². The fourth-order valence-electron chi connectivity index (χ4n) is 1.03. The number of rotatable bonds is 0. The van der Waals surface area contributed by atoms with Gasteiger partial charge in [-0.25, -0.2) is 0 Å². The average Bonchev–Trinajstić information content (AvgIpc) is 2.06. The maximum atomic E-state index is 4.25. The lowest BCUT2D eigenvalue weighted by atomic mass is 10.2. The van der Waals surface area contributed by atoms with Crippen LogP contribution in [0.15, 0.2) is 35.4 Å². The molecular weight excluding hydrogens is 154 g/mol. The van der Waals surface area contributed by atoms with Gasteiger partial charge in [-0.3, -0.25) is 4.98 Å². The summed E-state index contributed by atoms with van der Waals surface area (Å²) in [5, 5.41) is 1.05. The maximum Gasteiger partial charge on any atom is 0.0713 e. The Hall–Kier alpha value is -1.02. The Morgan fingerprint density at radius 3 is 2.91 bits per heavy atom. The van der Waals surface area contributed by atoms with Crippen LogP contribution < -0.4 is 0 Å². The van der Waals surface area contributed by atoms with Gasteiger partial charge < -0.3 is 0 Å². The molecule has 0 spiro atoms. The van der Waals surface area contributed by atoms with Crippen molar-refractivity contribution < 1.29 is 0 Å². The number of hydrogen-bond donors (Lipinski definition) is 1. The molecule has 1 aromatic carbocycles. The zero-order valence-electron chi connectivity index (χ0n) is 5.78. The molecule has 53 valence electrons. The molecule has 1 heterocycles. The molecule has 0 atom stereocenters. The van der Waals surface area contributed by atoms with Crippen LogP contribution in [-0.2, 0) is 0 Å². The SMILES string of the molecule is Sc1[c]cnc2ccccc12. The molecular formula is C9H6NS. The Morgan fingerprint density at radius 1 is 1.27 bits per heavy atom. The third-order valence-corrected chi connectivity index (χ3v) is 1.93. The fourth-order valence-corrected chi connectivity index (χ4v) is 1.27. The molecule has 1 nitrogen and oxygen atoms in total. The second-order valence-corrected chi connectivity index (χ2v) is 2.72. The van der Waals surface area contributed by atoms with Gasteiger partial charge in [0.25, 0.3) is 0 Å². The van der Waals surface area contributed by atoms with E-state index in [2.05, 4.69) is 23.7 Å². The van der Waals surface area contributed by atoms with E-state index in [-0.39, 0.29) is 0 Å². The van der Waals surface area contributed by atoms with Gasteiger partial charge in [-0.15, -0.1) is 12.6 Å². The number of fused-ring (bicyclic) bond motifs is 1. The third kappa shape index (κ3) is 1.10. The fraction of sp³-hybridized carbons (Fsp3) is 0. The van der Waals surface area contributed by atoms with Gasteiger partial charge in [0.15, 0.2) is 0 Å². The van der Waals surface area contributed by atoms with Crippen LogP contribution in [0.2, 0.25) is 0 Å². The molecule has 0 N–H and O–H groups in total. The number of pyridine rings is 1. The molecule has 0 saturated heterocycles. The van der Waals surface area contributed by atoms with Crippen LogP contribution in [-0.4, -0.2) is 4.98 Å². The minimum atomic E-state index is 0.857. The summed E-state index contributed by atoms with van der Waals surface area (Å²) in [6, 6.07) is 10.8. The van der Waals surface area contributed by atoms with Gasteiger partial charge in [0.1, 0.15) is 0 Å². The van der Waals surface area contributed by atoms with Gasteiger partial charge in [0, 0.05) is 22.5 Å². The number of thiol groups is 1. The lowest BCUT2D eigenvalue weighted by Gasteiger charge is -1.96. The number of hydrogen-bond acceptors (Lipinski definition) is 2. The average molecular weight is 160 g/mol. The van der Waals surface area contributed by atoms with Crippen molar-refractivity contribution in [2.45, 2.75) is 4.90 Å². The third-order valence-electron chi connectivity index (χ3n) is 1.56. The first-order valence-electron chi connectivity index (χ1n) is 3.32. The molecule has 0 fully saturated rings. The summed E-state index contributed by atoms with van der Waals surface area (Å²) >= 11 is 4.25. The Morgan fingerprint density at radius 2 is 2.09 bits per heavy atom. The highest BCUT2D eigenvalue weighted by Gasteiger charge is 1.94. The van der Waals surface area contributed by atoms with E-state index >= 15 is 0 Å². The van der Waals surface area contributed by atoms with Crippen molar-refractivity contribution in [2.24, 2.45) is 0 Å². The molecule has 0 aliphatic rings. The molecule has 0 saturated carbocycles. The quantitative estimate of drug-likeness (QED) is 0.583. The molecule has 0 aliphatic carbocycles. The molecule has 0 aliphatic heterocycles. The van der Waals surface area contributed by atoms with Crippen molar-refractivity contribution in [3.63, 3.8) is 0 Å². The van der Waals surface area contributed by atoms with E-state index in [0.29, 0.717) is 0 Å². The highest BCUT2D eigenvalue weighted by molar-refractivity contribution is 7.80. The Balaban J connectivity index is 2.91. The zero-order chi connectivity index (χ0) is 7.68. The molecule has 0 bridgehead atoms. The molecule has 0 unspecified atom stereocenters. The second kappa shape index (κ2) is 2.55. The minimum Gasteiger partial charge on any atom is -0.256 e. The summed E-state index contributed by atoms with van der Waals surface area (Å²) in [4.78, 5) is 4.99. The lowest BCUT2D eigenvalue weighted by Crippen LogP contribution is -1.77. The summed E-state index contributed by atoms with van der Waals surface area (Å²) in [6.07, 6.45) is 1.64.